The van der Waals surface area contributed by atoms with Crippen LogP contribution in [0.4, 0.5) is 0 Å². The van der Waals surface area contributed by atoms with Crippen LogP contribution in [0.3, 0.4) is 0 Å². The molecule has 82 valence electrons. The first-order valence-corrected chi connectivity index (χ1v) is 5.73. The molecule has 1 aliphatic rings. The molecule has 2 atom stereocenters. The van der Waals surface area contributed by atoms with Gasteiger partial charge in [0, 0.05) is 17.6 Å². The van der Waals surface area contributed by atoms with Gasteiger partial charge in [-0.2, -0.15) is 0 Å². The van der Waals surface area contributed by atoms with Crippen LogP contribution >= 0.6 is 0 Å². The summed E-state index contributed by atoms with van der Waals surface area (Å²) in [7, 11) is 0. The Kier molecular flexibility index (Phi) is 2.96. The fourth-order valence-electron chi connectivity index (χ4n) is 2.44. The topological polar surface area (TPSA) is 21.3 Å². The second kappa shape index (κ2) is 4.23. The highest BCUT2D eigenvalue weighted by Gasteiger charge is 2.23. The Hall–Kier alpha value is -1.02. The Labute approximate surface area is 91.6 Å². The Morgan fingerprint density at radius 2 is 2.20 bits per heavy atom. The molecule has 2 rings (SSSR count). The van der Waals surface area contributed by atoms with E-state index < -0.39 is 0 Å². The highest BCUT2D eigenvalue weighted by molar-refractivity contribution is 5.44. The number of rotatable bonds is 2. The Balaban J connectivity index is 2.40. The number of fused-ring (bicyclic) bond motifs is 1. The highest BCUT2D eigenvalue weighted by atomic mass is 16.5. The van der Waals surface area contributed by atoms with Gasteiger partial charge in [-0.25, -0.2) is 0 Å². The van der Waals surface area contributed by atoms with E-state index in [1.54, 1.807) is 0 Å². The molecule has 15 heavy (non-hydrogen) atoms. The van der Waals surface area contributed by atoms with Crippen molar-refractivity contribution in [3.63, 3.8) is 0 Å². The predicted octanol–water partition coefficient (Wildman–Crippen LogP) is 2.68. The fraction of sp³-hybridized carbons (Fsp3) is 0.538. The van der Waals surface area contributed by atoms with Gasteiger partial charge in [-0.1, -0.05) is 12.1 Å². The highest BCUT2D eigenvalue weighted by Crippen LogP contribution is 2.32. The lowest BCUT2D eigenvalue weighted by Crippen LogP contribution is -2.36. The molecule has 2 unspecified atom stereocenters. The second-order valence-corrected chi connectivity index (χ2v) is 4.26. The van der Waals surface area contributed by atoms with Crippen LogP contribution in [0, 0.1) is 0 Å². The number of nitrogens with one attached hydrogen (secondary N) is 1. The standard InChI is InChI=1S/C13H19NO/c1-4-15-12-7-5-6-11-8-9(2)14-10(3)13(11)12/h5-7,9-10,14H,4,8H2,1-3H3. The molecule has 0 spiro atoms. The number of hydrogen-bond donors (Lipinski definition) is 1. The van der Waals surface area contributed by atoms with Crippen LogP contribution in [0.25, 0.3) is 0 Å². The molecule has 1 aliphatic heterocycles. The van der Waals surface area contributed by atoms with E-state index in [9.17, 15) is 0 Å². The van der Waals surface area contributed by atoms with E-state index in [1.807, 2.05) is 6.92 Å². The van der Waals surface area contributed by atoms with E-state index in [-0.39, 0.29) is 0 Å². The van der Waals surface area contributed by atoms with E-state index >= 15 is 0 Å². The number of ether oxygens (including phenoxy) is 1. The van der Waals surface area contributed by atoms with E-state index in [2.05, 4.69) is 37.4 Å². The minimum Gasteiger partial charge on any atom is -0.494 e. The SMILES string of the molecule is CCOc1cccc2c1C(C)NC(C)C2. The monoisotopic (exact) mass is 205 g/mol. The van der Waals surface area contributed by atoms with Gasteiger partial charge in [0.15, 0.2) is 0 Å². The van der Waals surface area contributed by atoms with Crippen LogP contribution < -0.4 is 10.1 Å². The summed E-state index contributed by atoms with van der Waals surface area (Å²) in [4.78, 5) is 0. The first-order valence-electron chi connectivity index (χ1n) is 5.73. The first-order chi connectivity index (χ1) is 7.22. The molecule has 0 amide bonds. The molecule has 0 saturated heterocycles. The van der Waals surface area contributed by atoms with Gasteiger partial charge >= 0.3 is 0 Å². The summed E-state index contributed by atoms with van der Waals surface area (Å²) in [5, 5.41) is 3.55. The normalized spacial score (nSPS) is 24.7. The van der Waals surface area contributed by atoms with Crippen molar-refractivity contribution in [3.05, 3.63) is 29.3 Å². The zero-order chi connectivity index (χ0) is 10.8. The molecule has 1 N–H and O–H groups in total. The molecule has 1 heterocycles. The van der Waals surface area contributed by atoms with Crippen molar-refractivity contribution in [1.82, 2.24) is 5.32 Å². The van der Waals surface area contributed by atoms with Gasteiger partial charge in [0.2, 0.25) is 0 Å². The van der Waals surface area contributed by atoms with Crippen molar-refractivity contribution in [1.29, 1.82) is 0 Å². The molecule has 1 aromatic rings. The first kappa shape index (κ1) is 10.5. The van der Waals surface area contributed by atoms with Crippen molar-refractivity contribution in [2.24, 2.45) is 0 Å². The maximum atomic E-state index is 5.67. The molecular formula is C13H19NO. The summed E-state index contributed by atoms with van der Waals surface area (Å²) < 4.78 is 5.67. The van der Waals surface area contributed by atoms with Crippen LogP contribution in [0.2, 0.25) is 0 Å². The summed E-state index contributed by atoms with van der Waals surface area (Å²) in [5.74, 6) is 1.04. The molecule has 0 bridgehead atoms. The summed E-state index contributed by atoms with van der Waals surface area (Å²) in [6, 6.07) is 7.33. The predicted molar refractivity (Wildman–Crippen MR) is 62.3 cm³/mol. The molecule has 0 radical (unpaired) electrons. The summed E-state index contributed by atoms with van der Waals surface area (Å²) in [6.07, 6.45) is 1.10. The summed E-state index contributed by atoms with van der Waals surface area (Å²) >= 11 is 0. The zero-order valence-electron chi connectivity index (χ0n) is 9.71. The van der Waals surface area contributed by atoms with Gasteiger partial charge in [-0.05, 0) is 38.8 Å². The smallest absolute Gasteiger partial charge is 0.124 e. The number of benzene rings is 1. The summed E-state index contributed by atoms with van der Waals surface area (Å²) in [6.45, 7) is 7.20. The van der Waals surface area contributed by atoms with Gasteiger partial charge in [0.05, 0.1) is 6.61 Å². The lowest BCUT2D eigenvalue weighted by atomic mass is 9.91. The van der Waals surface area contributed by atoms with Crippen molar-refractivity contribution in [2.75, 3.05) is 6.61 Å². The molecule has 2 nitrogen and oxygen atoms in total. The van der Waals surface area contributed by atoms with Crippen molar-refractivity contribution in [3.8, 4) is 5.75 Å². The van der Waals surface area contributed by atoms with Crippen molar-refractivity contribution >= 4 is 0 Å². The molecular weight excluding hydrogens is 186 g/mol. The third kappa shape index (κ3) is 2.00. The maximum absolute atomic E-state index is 5.67. The van der Waals surface area contributed by atoms with E-state index in [4.69, 9.17) is 4.74 Å². The van der Waals surface area contributed by atoms with E-state index in [0.29, 0.717) is 12.1 Å². The largest absolute Gasteiger partial charge is 0.494 e. The van der Waals surface area contributed by atoms with Gasteiger partial charge < -0.3 is 10.1 Å². The molecule has 0 aromatic heterocycles. The van der Waals surface area contributed by atoms with Crippen molar-refractivity contribution < 1.29 is 4.74 Å². The molecule has 2 heteroatoms. The Morgan fingerprint density at radius 1 is 1.40 bits per heavy atom. The lowest BCUT2D eigenvalue weighted by Gasteiger charge is -2.30. The lowest BCUT2D eigenvalue weighted by molar-refractivity contribution is 0.325. The fourth-order valence-corrected chi connectivity index (χ4v) is 2.44. The summed E-state index contributed by atoms with van der Waals surface area (Å²) in [5.41, 5.74) is 2.78. The second-order valence-electron chi connectivity index (χ2n) is 4.26. The maximum Gasteiger partial charge on any atom is 0.124 e. The quantitative estimate of drug-likeness (QED) is 0.801. The average molecular weight is 205 g/mol. The minimum absolute atomic E-state index is 0.395. The van der Waals surface area contributed by atoms with Gasteiger partial charge in [-0.15, -0.1) is 0 Å². The van der Waals surface area contributed by atoms with Crippen LogP contribution in [0.5, 0.6) is 5.75 Å². The zero-order valence-corrected chi connectivity index (χ0v) is 9.71. The average Bonchev–Trinajstić information content (AvgIpc) is 2.17. The number of hydrogen-bond acceptors (Lipinski definition) is 2. The van der Waals surface area contributed by atoms with Crippen LogP contribution in [-0.2, 0) is 6.42 Å². The molecule has 0 saturated carbocycles. The van der Waals surface area contributed by atoms with Crippen molar-refractivity contribution in [2.45, 2.75) is 39.3 Å². The van der Waals surface area contributed by atoms with Gasteiger partial charge in [0.25, 0.3) is 0 Å². The molecule has 0 aliphatic carbocycles. The third-order valence-electron chi connectivity index (χ3n) is 2.95. The Bertz CT molecular complexity index is 334. The van der Waals surface area contributed by atoms with E-state index in [1.165, 1.54) is 11.1 Å². The molecule has 1 aromatic carbocycles. The third-order valence-corrected chi connectivity index (χ3v) is 2.95. The van der Waals surface area contributed by atoms with Gasteiger partial charge in [-0.3, -0.25) is 0 Å². The van der Waals surface area contributed by atoms with Gasteiger partial charge in [0.1, 0.15) is 5.75 Å². The van der Waals surface area contributed by atoms with Crippen LogP contribution in [0.1, 0.15) is 37.9 Å². The van der Waals surface area contributed by atoms with Crippen LogP contribution in [-0.4, -0.2) is 12.6 Å². The minimum atomic E-state index is 0.395. The van der Waals surface area contributed by atoms with E-state index in [0.717, 1.165) is 18.8 Å². The molecule has 0 fully saturated rings. The van der Waals surface area contributed by atoms with Crippen LogP contribution in [0.15, 0.2) is 18.2 Å². The Morgan fingerprint density at radius 3 is 2.93 bits per heavy atom.